The molecule has 4 rings (SSSR count). The first-order valence-corrected chi connectivity index (χ1v) is 10.4. The summed E-state index contributed by atoms with van der Waals surface area (Å²) in [5, 5.41) is 6.37. The van der Waals surface area contributed by atoms with Gasteiger partial charge in [-0.2, -0.15) is 13.2 Å². The molecule has 0 unspecified atom stereocenters. The monoisotopic (exact) mass is 435 g/mol. The number of piperidine rings is 1. The standard InChI is InChI=1S/C22H28F3N5O/c1-12(2)31-20-18(6-5-13(3)28-20)29-14-9-15-17-11-27-8-7-21(17,26)30(4)19(15)16(10-14)22(23,24)25/h5-6,9-10,12,17,27,29H,7-8,11,26H2,1-4H3/t17-,21-/m0/s1. The lowest BCUT2D eigenvalue weighted by Crippen LogP contribution is -2.61. The Morgan fingerprint density at radius 1 is 1.32 bits per heavy atom. The quantitative estimate of drug-likeness (QED) is 0.671. The number of ether oxygens (including phenoxy) is 1. The Morgan fingerprint density at radius 2 is 2.06 bits per heavy atom. The maximum Gasteiger partial charge on any atom is 0.418 e. The molecule has 1 saturated heterocycles. The van der Waals surface area contributed by atoms with Crippen LogP contribution in [-0.4, -0.2) is 36.9 Å². The fourth-order valence-electron chi connectivity index (χ4n) is 4.56. The van der Waals surface area contributed by atoms with Crippen LogP contribution < -0.4 is 26.0 Å². The molecule has 168 valence electrons. The summed E-state index contributed by atoms with van der Waals surface area (Å²) in [5.74, 6) is 0.111. The summed E-state index contributed by atoms with van der Waals surface area (Å²) in [7, 11) is 1.66. The van der Waals surface area contributed by atoms with Crippen molar-refractivity contribution >= 4 is 17.1 Å². The van der Waals surface area contributed by atoms with Crippen LogP contribution in [0.3, 0.4) is 0 Å². The van der Waals surface area contributed by atoms with Crippen molar-refractivity contribution in [3.05, 3.63) is 41.1 Å². The predicted octanol–water partition coefficient (Wildman–Crippen LogP) is 4.12. The Labute approximate surface area is 180 Å². The fraction of sp³-hybridized carbons (Fsp3) is 0.500. The van der Waals surface area contributed by atoms with Gasteiger partial charge in [0.05, 0.1) is 23.0 Å². The van der Waals surface area contributed by atoms with E-state index in [1.807, 2.05) is 20.8 Å². The van der Waals surface area contributed by atoms with Crippen LogP contribution in [0.15, 0.2) is 24.3 Å². The Bertz CT molecular complexity index is 994. The number of benzene rings is 1. The number of fused-ring (bicyclic) bond motifs is 3. The number of nitrogens with two attached hydrogens (primary N) is 1. The van der Waals surface area contributed by atoms with Gasteiger partial charge in [-0.05, 0) is 63.6 Å². The van der Waals surface area contributed by atoms with Gasteiger partial charge in [-0.1, -0.05) is 0 Å². The number of rotatable bonds is 4. The molecule has 0 amide bonds. The number of hydrogen-bond donors (Lipinski definition) is 3. The van der Waals surface area contributed by atoms with Crippen LogP contribution in [-0.2, 0) is 6.18 Å². The van der Waals surface area contributed by atoms with Gasteiger partial charge in [-0.3, -0.25) is 0 Å². The van der Waals surface area contributed by atoms with Crippen molar-refractivity contribution in [1.82, 2.24) is 10.3 Å². The number of hydrogen-bond acceptors (Lipinski definition) is 6. The van der Waals surface area contributed by atoms with E-state index in [2.05, 4.69) is 15.6 Å². The molecule has 2 atom stereocenters. The van der Waals surface area contributed by atoms with E-state index >= 15 is 0 Å². The fourth-order valence-corrected chi connectivity index (χ4v) is 4.56. The highest BCUT2D eigenvalue weighted by Crippen LogP contribution is 2.53. The number of aromatic nitrogens is 1. The molecule has 2 aliphatic rings. The van der Waals surface area contributed by atoms with E-state index in [9.17, 15) is 13.2 Å². The van der Waals surface area contributed by atoms with Gasteiger partial charge < -0.3 is 26.0 Å². The van der Waals surface area contributed by atoms with E-state index in [4.69, 9.17) is 10.5 Å². The zero-order valence-electron chi connectivity index (χ0n) is 18.1. The van der Waals surface area contributed by atoms with E-state index in [0.717, 1.165) is 11.8 Å². The number of nitrogens with zero attached hydrogens (tertiary/aromatic N) is 2. The van der Waals surface area contributed by atoms with Crippen LogP contribution in [0.1, 0.15) is 43.0 Å². The topological polar surface area (TPSA) is 75.4 Å². The van der Waals surface area contributed by atoms with Crippen molar-refractivity contribution in [3.63, 3.8) is 0 Å². The van der Waals surface area contributed by atoms with Crippen LogP contribution in [0.5, 0.6) is 5.88 Å². The van der Waals surface area contributed by atoms with Gasteiger partial charge >= 0.3 is 6.18 Å². The lowest BCUT2D eigenvalue weighted by Gasteiger charge is -2.42. The molecule has 3 heterocycles. The van der Waals surface area contributed by atoms with E-state index in [1.165, 1.54) is 0 Å². The molecule has 1 aromatic carbocycles. The summed E-state index contributed by atoms with van der Waals surface area (Å²) in [6, 6.07) is 6.47. The van der Waals surface area contributed by atoms with Crippen molar-refractivity contribution in [3.8, 4) is 5.88 Å². The molecule has 0 saturated carbocycles. The highest BCUT2D eigenvalue weighted by molar-refractivity contribution is 5.76. The lowest BCUT2D eigenvalue weighted by atomic mass is 9.84. The van der Waals surface area contributed by atoms with E-state index < -0.39 is 17.4 Å². The minimum atomic E-state index is -4.52. The number of anilines is 3. The summed E-state index contributed by atoms with van der Waals surface area (Å²) < 4.78 is 48.1. The second-order valence-corrected chi connectivity index (χ2v) is 8.61. The Kier molecular flexibility index (Phi) is 5.29. The van der Waals surface area contributed by atoms with E-state index in [-0.39, 0.29) is 17.7 Å². The molecule has 0 radical (unpaired) electrons. The minimum absolute atomic E-state index is 0.125. The first-order valence-electron chi connectivity index (χ1n) is 10.4. The smallest absolute Gasteiger partial charge is 0.418 e. The average Bonchev–Trinajstić information content (AvgIpc) is 2.90. The molecule has 4 N–H and O–H groups in total. The maximum atomic E-state index is 14.1. The van der Waals surface area contributed by atoms with Crippen LogP contribution in [0, 0.1) is 6.92 Å². The summed E-state index contributed by atoms with van der Waals surface area (Å²) in [5.41, 5.74) is 7.46. The molecule has 2 aromatic rings. The molecule has 0 spiro atoms. The van der Waals surface area contributed by atoms with E-state index in [0.29, 0.717) is 42.3 Å². The Morgan fingerprint density at radius 3 is 2.74 bits per heavy atom. The van der Waals surface area contributed by atoms with Crippen LogP contribution in [0.25, 0.3) is 0 Å². The van der Waals surface area contributed by atoms with Gasteiger partial charge in [0, 0.05) is 30.9 Å². The first-order chi connectivity index (χ1) is 14.5. The molecular weight excluding hydrogens is 407 g/mol. The van der Waals surface area contributed by atoms with Crippen LogP contribution >= 0.6 is 0 Å². The van der Waals surface area contributed by atoms with Crippen LogP contribution in [0.4, 0.5) is 30.2 Å². The number of halogens is 3. The molecule has 2 aliphatic heterocycles. The molecule has 1 fully saturated rings. The van der Waals surface area contributed by atoms with Gasteiger partial charge in [-0.25, -0.2) is 4.98 Å². The highest BCUT2D eigenvalue weighted by atomic mass is 19.4. The third-order valence-electron chi connectivity index (χ3n) is 6.06. The third-order valence-corrected chi connectivity index (χ3v) is 6.06. The summed E-state index contributed by atoms with van der Waals surface area (Å²) in [4.78, 5) is 6.01. The van der Waals surface area contributed by atoms with Crippen molar-refractivity contribution in [2.24, 2.45) is 5.73 Å². The molecular formula is C22H28F3N5O. The third kappa shape index (κ3) is 3.80. The van der Waals surface area contributed by atoms with Gasteiger partial charge in [0.15, 0.2) is 0 Å². The van der Waals surface area contributed by atoms with Crippen molar-refractivity contribution in [2.45, 2.75) is 51.1 Å². The van der Waals surface area contributed by atoms with Gasteiger partial charge in [-0.15, -0.1) is 0 Å². The van der Waals surface area contributed by atoms with Gasteiger partial charge in [0.2, 0.25) is 5.88 Å². The Hall–Kier alpha value is -2.52. The zero-order valence-corrected chi connectivity index (χ0v) is 18.1. The molecule has 6 nitrogen and oxygen atoms in total. The molecule has 9 heteroatoms. The number of aryl methyl sites for hydroxylation is 1. The van der Waals surface area contributed by atoms with Crippen LogP contribution in [0.2, 0.25) is 0 Å². The average molecular weight is 435 g/mol. The van der Waals surface area contributed by atoms with Crippen molar-refractivity contribution < 1.29 is 17.9 Å². The molecule has 31 heavy (non-hydrogen) atoms. The van der Waals surface area contributed by atoms with Gasteiger partial charge in [0.25, 0.3) is 0 Å². The maximum absolute atomic E-state index is 14.1. The van der Waals surface area contributed by atoms with Gasteiger partial charge in [0.1, 0.15) is 5.69 Å². The number of alkyl halides is 3. The SMILES string of the molecule is Cc1ccc(Nc2cc3c(c(C(F)(F)F)c2)N(C)[C@@]2(N)CCNC[C@@H]32)c(OC(C)C)n1. The Balaban J connectivity index is 1.81. The number of likely N-dealkylation sites (N-methyl/N-ethyl adjacent to an activating group) is 1. The largest absolute Gasteiger partial charge is 0.473 e. The number of pyridine rings is 1. The molecule has 0 aliphatic carbocycles. The number of nitrogens with one attached hydrogen (secondary N) is 2. The summed E-state index contributed by atoms with van der Waals surface area (Å²) in [6.07, 6.45) is -4.08. The normalized spacial score (nSPS) is 23.0. The molecule has 0 bridgehead atoms. The van der Waals surface area contributed by atoms with Crippen molar-refractivity contribution in [2.75, 3.05) is 30.4 Å². The predicted molar refractivity (Wildman–Crippen MR) is 115 cm³/mol. The second-order valence-electron chi connectivity index (χ2n) is 8.61. The molecule has 1 aromatic heterocycles. The summed E-state index contributed by atoms with van der Waals surface area (Å²) >= 11 is 0. The highest BCUT2D eigenvalue weighted by Gasteiger charge is 2.52. The lowest BCUT2D eigenvalue weighted by molar-refractivity contribution is -0.137. The second kappa shape index (κ2) is 7.56. The zero-order chi connectivity index (χ0) is 22.6. The first kappa shape index (κ1) is 21.7. The van der Waals surface area contributed by atoms with Crippen molar-refractivity contribution in [1.29, 1.82) is 0 Å². The van der Waals surface area contributed by atoms with E-state index in [1.54, 1.807) is 30.1 Å². The summed E-state index contributed by atoms with van der Waals surface area (Å²) in [6.45, 7) is 6.78. The minimum Gasteiger partial charge on any atom is -0.473 e.